The molecule has 1 saturated carbocycles. The monoisotopic (exact) mass is 393 g/mol. The lowest BCUT2D eigenvalue weighted by Crippen LogP contribution is -2.37. The molecule has 2 fully saturated rings. The number of likely N-dealkylation sites (tertiary alicyclic amines) is 1. The van der Waals surface area contributed by atoms with Gasteiger partial charge in [0.15, 0.2) is 17.3 Å². The average Bonchev–Trinajstić information content (AvgIpc) is 3.49. The number of carbonyl (C=O) groups excluding carboxylic acids is 1. The largest absolute Gasteiger partial charge is 0.339 e. The van der Waals surface area contributed by atoms with Crippen LogP contribution >= 0.6 is 0 Å². The molecule has 1 aliphatic heterocycles. The van der Waals surface area contributed by atoms with Crippen molar-refractivity contribution in [3.05, 3.63) is 34.9 Å². The number of rotatable bonds is 5. The van der Waals surface area contributed by atoms with Crippen LogP contribution in [0.2, 0.25) is 0 Å². The molecule has 1 aliphatic carbocycles. The van der Waals surface area contributed by atoms with Gasteiger partial charge in [-0.1, -0.05) is 6.92 Å². The topological polar surface area (TPSA) is 81.2 Å². The van der Waals surface area contributed by atoms with Gasteiger partial charge in [-0.3, -0.25) is 4.79 Å². The van der Waals surface area contributed by atoms with Crippen LogP contribution in [0.25, 0.3) is 11.5 Å². The van der Waals surface area contributed by atoms with E-state index in [1.807, 2.05) is 30.7 Å². The highest BCUT2D eigenvalue weighted by atomic mass is 16.2. The molecule has 29 heavy (non-hydrogen) atoms. The van der Waals surface area contributed by atoms with E-state index >= 15 is 0 Å². The van der Waals surface area contributed by atoms with E-state index in [4.69, 9.17) is 10.2 Å². The molecule has 3 aromatic heterocycles. The summed E-state index contributed by atoms with van der Waals surface area (Å²) < 4.78 is 3.64. The summed E-state index contributed by atoms with van der Waals surface area (Å²) in [5.41, 5.74) is 3.87. The van der Waals surface area contributed by atoms with Crippen molar-refractivity contribution in [2.75, 3.05) is 6.54 Å². The van der Waals surface area contributed by atoms with Crippen LogP contribution in [0.1, 0.15) is 55.4 Å². The summed E-state index contributed by atoms with van der Waals surface area (Å²) in [6.45, 7) is 7.06. The van der Waals surface area contributed by atoms with E-state index in [-0.39, 0.29) is 0 Å². The summed E-state index contributed by atoms with van der Waals surface area (Å²) in [4.78, 5) is 14.9. The van der Waals surface area contributed by atoms with Crippen LogP contribution in [-0.2, 0) is 17.6 Å². The van der Waals surface area contributed by atoms with Crippen molar-refractivity contribution < 1.29 is 4.79 Å². The molecule has 4 heterocycles. The maximum absolute atomic E-state index is 12.8. The van der Waals surface area contributed by atoms with Crippen LogP contribution in [0, 0.1) is 19.8 Å². The van der Waals surface area contributed by atoms with Crippen LogP contribution in [-0.4, -0.2) is 53.0 Å². The number of aromatic nitrogens is 6. The molecule has 0 aromatic carbocycles. The lowest BCUT2D eigenvalue weighted by atomic mass is 10.1. The van der Waals surface area contributed by atoms with Gasteiger partial charge in [-0.05, 0) is 63.1 Å². The van der Waals surface area contributed by atoms with E-state index < -0.39 is 0 Å². The lowest BCUT2D eigenvalue weighted by molar-refractivity contribution is -0.132. The molecule has 8 heteroatoms. The number of piperidine rings is 1. The van der Waals surface area contributed by atoms with Crippen LogP contribution < -0.4 is 0 Å². The molecular formula is C21H27N7O. The Bertz CT molecular complexity index is 1080. The van der Waals surface area contributed by atoms with E-state index in [9.17, 15) is 4.79 Å². The number of hydrogen-bond donors (Lipinski definition) is 0. The molecule has 2 aliphatic rings. The average molecular weight is 393 g/mol. The van der Waals surface area contributed by atoms with E-state index in [1.54, 1.807) is 4.52 Å². The first kappa shape index (κ1) is 18.3. The Morgan fingerprint density at radius 2 is 2.03 bits per heavy atom. The van der Waals surface area contributed by atoms with Gasteiger partial charge in [-0.15, -0.1) is 15.3 Å². The van der Waals surface area contributed by atoms with Crippen molar-refractivity contribution in [2.45, 2.75) is 65.3 Å². The Balaban J connectivity index is 1.37. The predicted octanol–water partition coefficient (Wildman–Crippen LogP) is 2.43. The molecule has 0 radical (unpaired) electrons. The Labute approximate surface area is 169 Å². The first-order valence-corrected chi connectivity index (χ1v) is 10.6. The minimum atomic E-state index is 0.292. The zero-order chi connectivity index (χ0) is 20.1. The van der Waals surface area contributed by atoms with Gasteiger partial charge >= 0.3 is 0 Å². The minimum Gasteiger partial charge on any atom is -0.339 e. The van der Waals surface area contributed by atoms with Gasteiger partial charge < -0.3 is 4.90 Å². The number of hydrogen-bond acceptors (Lipinski definition) is 5. The van der Waals surface area contributed by atoms with Crippen LogP contribution in [0.4, 0.5) is 0 Å². The summed E-state index contributed by atoms with van der Waals surface area (Å²) in [7, 11) is 0. The summed E-state index contributed by atoms with van der Waals surface area (Å²) in [6.07, 6.45) is 5.72. The Hall–Kier alpha value is -2.77. The molecule has 2 atom stereocenters. The van der Waals surface area contributed by atoms with Crippen LogP contribution in [0.15, 0.2) is 12.1 Å². The zero-order valence-corrected chi connectivity index (χ0v) is 17.3. The van der Waals surface area contributed by atoms with Crippen molar-refractivity contribution in [1.82, 2.24) is 34.5 Å². The first-order valence-electron chi connectivity index (χ1n) is 10.6. The van der Waals surface area contributed by atoms with Crippen LogP contribution in [0.3, 0.4) is 0 Å². The third kappa shape index (κ3) is 3.01. The zero-order valence-electron chi connectivity index (χ0n) is 17.3. The molecule has 2 unspecified atom stereocenters. The Morgan fingerprint density at radius 1 is 1.17 bits per heavy atom. The molecule has 2 bridgehead atoms. The molecule has 1 saturated heterocycles. The number of fused-ring (bicyclic) bond motifs is 3. The molecular weight excluding hydrogens is 366 g/mol. The third-order valence-electron chi connectivity index (χ3n) is 6.61. The molecule has 1 amide bonds. The number of carbonyl (C=O) groups is 1. The van der Waals surface area contributed by atoms with Crippen molar-refractivity contribution in [1.29, 1.82) is 0 Å². The van der Waals surface area contributed by atoms with Gasteiger partial charge in [0.25, 0.3) is 0 Å². The van der Waals surface area contributed by atoms with Gasteiger partial charge in [0, 0.05) is 31.1 Å². The van der Waals surface area contributed by atoms with E-state index in [0.717, 1.165) is 59.5 Å². The van der Waals surface area contributed by atoms with Gasteiger partial charge in [-0.2, -0.15) is 9.61 Å². The lowest BCUT2D eigenvalue weighted by Gasteiger charge is -2.27. The van der Waals surface area contributed by atoms with Crippen LogP contribution in [0.5, 0.6) is 0 Å². The minimum absolute atomic E-state index is 0.292. The van der Waals surface area contributed by atoms with E-state index in [0.29, 0.717) is 18.4 Å². The van der Waals surface area contributed by atoms with Gasteiger partial charge in [0.2, 0.25) is 5.91 Å². The van der Waals surface area contributed by atoms with Gasteiger partial charge in [0.1, 0.15) is 0 Å². The highest BCUT2D eigenvalue weighted by molar-refractivity contribution is 5.77. The number of nitrogens with zero attached hydrogens (tertiary/aromatic N) is 7. The quantitative estimate of drug-likeness (QED) is 0.665. The molecule has 3 aromatic rings. The number of amides is 1. The summed E-state index contributed by atoms with van der Waals surface area (Å²) >= 11 is 0. The molecule has 8 nitrogen and oxygen atoms in total. The van der Waals surface area contributed by atoms with E-state index in [2.05, 4.69) is 22.0 Å². The fraction of sp³-hybridized carbons (Fsp3) is 0.571. The first-order chi connectivity index (χ1) is 14.0. The fourth-order valence-corrected chi connectivity index (χ4v) is 5.02. The van der Waals surface area contributed by atoms with Crippen molar-refractivity contribution in [3.63, 3.8) is 0 Å². The second-order valence-electron chi connectivity index (χ2n) is 8.37. The summed E-state index contributed by atoms with van der Waals surface area (Å²) in [5.74, 6) is 2.60. The Kier molecular flexibility index (Phi) is 4.37. The highest BCUT2D eigenvalue weighted by Gasteiger charge is 2.39. The van der Waals surface area contributed by atoms with Crippen molar-refractivity contribution in [3.8, 4) is 5.82 Å². The SMILES string of the molecule is CCc1nnc2ccc(-n3nc(C)c(CCC(=O)N4CC5CCC4C5)c3C)nn12. The smallest absolute Gasteiger partial charge is 0.223 e. The highest BCUT2D eigenvalue weighted by Crippen LogP contribution is 2.37. The second-order valence-corrected chi connectivity index (χ2v) is 8.37. The molecule has 0 N–H and O–H groups in total. The second kappa shape index (κ2) is 6.93. The normalized spacial score (nSPS) is 20.9. The molecule has 5 rings (SSSR count). The van der Waals surface area contributed by atoms with Crippen molar-refractivity contribution in [2.24, 2.45) is 5.92 Å². The summed E-state index contributed by atoms with van der Waals surface area (Å²) in [6, 6.07) is 4.32. The third-order valence-corrected chi connectivity index (χ3v) is 6.61. The molecule has 152 valence electrons. The number of aryl methyl sites for hydroxylation is 2. The maximum atomic E-state index is 12.8. The van der Waals surface area contributed by atoms with E-state index in [1.165, 1.54) is 19.3 Å². The maximum Gasteiger partial charge on any atom is 0.223 e. The fourth-order valence-electron chi connectivity index (χ4n) is 5.02. The molecule has 0 spiro atoms. The standard InChI is InChI=1S/C21H27N7O/c1-4-18-22-23-19-8-9-20(25-28(18)19)27-14(3)17(13(2)24-27)7-10-21(29)26-12-15-5-6-16(26)11-15/h8-9,15-16H,4-7,10-12H2,1-3H3. The van der Waals surface area contributed by atoms with Crippen molar-refractivity contribution >= 4 is 11.6 Å². The van der Waals surface area contributed by atoms with Gasteiger partial charge in [0.05, 0.1) is 5.69 Å². The Morgan fingerprint density at radius 3 is 2.76 bits per heavy atom. The summed E-state index contributed by atoms with van der Waals surface area (Å²) in [5, 5.41) is 17.7. The predicted molar refractivity (Wildman–Crippen MR) is 108 cm³/mol. The van der Waals surface area contributed by atoms with Gasteiger partial charge in [-0.25, -0.2) is 4.68 Å².